The summed E-state index contributed by atoms with van der Waals surface area (Å²) in [5.74, 6) is 2.61. The molecule has 0 amide bonds. The molecule has 0 aromatic heterocycles. The van der Waals surface area contributed by atoms with E-state index >= 15 is 0 Å². The Balaban J connectivity index is 3.30. The Morgan fingerprint density at radius 3 is 2.94 bits per heavy atom. The average molecular weight is 243 g/mol. The molecular formula is C12H25N3S. The number of unbranched alkanes of at least 4 members (excludes halogenated alkanes) is 3. The second-order valence-electron chi connectivity index (χ2n) is 3.62. The number of hydrogen-bond acceptors (Lipinski definition) is 2. The first-order valence-corrected chi connectivity index (χ1v) is 7.19. The van der Waals surface area contributed by atoms with Gasteiger partial charge in [0.2, 0.25) is 0 Å². The average Bonchev–Trinajstić information content (AvgIpc) is 2.28. The van der Waals surface area contributed by atoms with Gasteiger partial charge >= 0.3 is 0 Å². The molecule has 0 unspecified atom stereocenters. The number of nitrogens with two attached hydrogens (primary N) is 1. The fourth-order valence-electron chi connectivity index (χ4n) is 1.21. The molecule has 0 saturated heterocycles. The van der Waals surface area contributed by atoms with Gasteiger partial charge in [0.05, 0.1) is 0 Å². The van der Waals surface area contributed by atoms with Crippen LogP contribution in [-0.4, -0.2) is 30.6 Å². The van der Waals surface area contributed by atoms with Crippen molar-refractivity contribution in [1.29, 1.82) is 0 Å². The van der Waals surface area contributed by atoms with Gasteiger partial charge in [-0.1, -0.05) is 32.3 Å². The molecule has 16 heavy (non-hydrogen) atoms. The van der Waals surface area contributed by atoms with Crippen molar-refractivity contribution in [2.24, 2.45) is 10.7 Å². The Hall–Kier alpha value is -0.640. The Bertz CT molecular complexity index is 193. The van der Waals surface area contributed by atoms with Gasteiger partial charge in [0.1, 0.15) is 0 Å². The number of nitrogens with one attached hydrogen (secondary N) is 1. The van der Waals surface area contributed by atoms with Gasteiger partial charge in [0.25, 0.3) is 0 Å². The molecule has 0 rings (SSSR count). The summed E-state index contributed by atoms with van der Waals surface area (Å²) in [6.45, 7) is 7.60. The van der Waals surface area contributed by atoms with E-state index in [1.165, 1.54) is 19.3 Å². The third kappa shape index (κ3) is 11.4. The van der Waals surface area contributed by atoms with Crippen LogP contribution in [0.15, 0.2) is 17.6 Å². The molecule has 0 bridgehead atoms. The van der Waals surface area contributed by atoms with Gasteiger partial charge in [-0.2, -0.15) is 11.8 Å². The number of aliphatic imine (C=N–C) groups is 1. The lowest BCUT2D eigenvalue weighted by atomic mass is 10.2. The molecule has 0 radical (unpaired) electrons. The van der Waals surface area contributed by atoms with Crippen molar-refractivity contribution in [2.75, 3.05) is 24.6 Å². The van der Waals surface area contributed by atoms with Crippen LogP contribution in [0.5, 0.6) is 0 Å². The van der Waals surface area contributed by atoms with Gasteiger partial charge in [0.15, 0.2) is 5.96 Å². The summed E-state index contributed by atoms with van der Waals surface area (Å²) in [4.78, 5) is 4.27. The molecule has 0 spiro atoms. The van der Waals surface area contributed by atoms with Gasteiger partial charge in [-0.25, -0.2) is 0 Å². The van der Waals surface area contributed by atoms with Crippen LogP contribution >= 0.6 is 11.8 Å². The standard InChI is InChI=1S/C12H25N3S/c1-3-5-6-7-8-14-12(13)15-9-11-16-10-4-2/h4H,2-3,5-11H2,1H3,(H3,13,14,15). The van der Waals surface area contributed by atoms with Gasteiger partial charge in [-0.15, -0.1) is 6.58 Å². The third-order valence-corrected chi connectivity index (χ3v) is 3.05. The third-order valence-electron chi connectivity index (χ3n) is 2.08. The van der Waals surface area contributed by atoms with E-state index in [-0.39, 0.29) is 0 Å². The fraction of sp³-hybridized carbons (Fsp3) is 0.750. The molecule has 0 aliphatic rings. The van der Waals surface area contributed by atoms with Crippen molar-refractivity contribution in [3.8, 4) is 0 Å². The molecule has 3 N–H and O–H groups in total. The van der Waals surface area contributed by atoms with E-state index in [4.69, 9.17) is 5.73 Å². The summed E-state index contributed by atoms with van der Waals surface area (Å²) in [6.07, 6.45) is 6.86. The molecule has 0 aliphatic carbocycles. The van der Waals surface area contributed by atoms with Crippen molar-refractivity contribution in [3.05, 3.63) is 12.7 Å². The van der Waals surface area contributed by atoms with Crippen LogP contribution in [0.3, 0.4) is 0 Å². The monoisotopic (exact) mass is 243 g/mol. The van der Waals surface area contributed by atoms with Crippen LogP contribution in [0.2, 0.25) is 0 Å². The molecule has 4 heteroatoms. The second-order valence-corrected chi connectivity index (χ2v) is 4.77. The minimum absolute atomic E-state index is 0.579. The maximum absolute atomic E-state index is 5.71. The summed E-state index contributed by atoms with van der Waals surface area (Å²) in [6, 6.07) is 0. The lowest BCUT2D eigenvalue weighted by Crippen LogP contribution is -2.33. The molecule has 0 atom stereocenters. The van der Waals surface area contributed by atoms with Crippen LogP contribution in [0.25, 0.3) is 0 Å². The molecule has 0 aromatic rings. The van der Waals surface area contributed by atoms with Crippen molar-refractivity contribution in [2.45, 2.75) is 32.6 Å². The number of rotatable bonds is 10. The lowest BCUT2D eigenvalue weighted by Gasteiger charge is -2.04. The predicted molar refractivity (Wildman–Crippen MR) is 76.2 cm³/mol. The maximum Gasteiger partial charge on any atom is 0.188 e. The second kappa shape index (κ2) is 12.4. The highest BCUT2D eigenvalue weighted by atomic mass is 32.2. The van der Waals surface area contributed by atoms with Crippen LogP contribution in [0.4, 0.5) is 0 Å². The SMILES string of the molecule is C=CCSCCNC(N)=NCCCCCC. The Morgan fingerprint density at radius 2 is 2.25 bits per heavy atom. The molecular weight excluding hydrogens is 218 g/mol. The highest BCUT2D eigenvalue weighted by molar-refractivity contribution is 7.99. The largest absolute Gasteiger partial charge is 0.370 e. The summed E-state index contributed by atoms with van der Waals surface area (Å²) < 4.78 is 0. The zero-order chi connectivity index (χ0) is 12.1. The van der Waals surface area contributed by atoms with E-state index in [9.17, 15) is 0 Å². The van der Waals surface area contributed by atoms with E-state index in [0.717, 1.165) is 31.0 Å². The Kier molecular flexibility index (Phi) is 11.9. The number of thioether (sulfide) groups is 1. The van der Waals surface area contributed by atoms with Crippen molar-refractivity contribution >= 4 is 17.7 Å². The highest BCUT2D eigenvalue weighted by Crippen LogP contribution is 1.98. The van der Waals surface area contributed by atoms with Gasteiger partial charge in [0, 0.05) is 24.6 Å². The highest BCUT2D eigenvalue weighted by Gasteiger charge is 1.91. The van der Waals surface area contributed by atoms with Crippen LogP contribution in [0.1, 0.15) is 32.6 Å². The van der Waals surface area contributed by atoms with E-state index in [2.05, 4.69) is 23.8 Å². The van der Waals surface area contributed by atoms with Gasteiger partial charge in [-0.05, 0) is 6.42 Å². The van der Waals surface area contributed by atoms with Gasteiger partial charge < -0.3 is 11.1 Å². The molecule has 3 nitrogen and oxygen atoms in total. The molecule has 0 saturated carbocycles. The van der Waals surface area contributed by atoms with Crippen molar-refractivity contribution in [3.63, 3.8) is 0 Å². The molecule has 0 aliphatic heterocycles. The summed E-state index contributed by atoms with van der Waals surface area (Å²) in [7, 11) is 0. The molecule has 94 valence electrons. The van der Waals surface area contributed by atoms with Crippen LogP contribution in [-0.2, 0) is 0 Å². The van der Waals surface area contributed by atoms with Crippen molar-refractivity contribution in [1.82, 2.24) is 5.32 Å². The van der Waals surface area contributed by atoms with E-state index in [1.807, 2.05) is 17.8 Å². The summed E-state index contributed by atoms with van der Waals surface area (Å²) >= 11 is 1.84. The Labute approximate surface area is 104 Å². The maximum atomic E-state index is 5.71. The topological polar surface area (TPSA) is 50.4 Å². The van der Waals surface area contributed by atoms with Crippen LogP contribution in [0, 0.1) is 0 Å². The lowest BCUT2D eigenvalue weighted by molar-refractivity contribution is 0.673. The van der Waals surface area contributed by atoms with Crippen molar-refractivity contribution < 1.29 is 0 Å². The van der Waals surface area contributed by atoms with E-state index < -0.39 is 0 Å². The molecule has 0 fully saturated rings. The quantitative estimate of drug-likeness (QED) is 0.268. The molecule has 0 aromatic carbocycles. The number of guanidine groups is 1. The fourth-order valence-corrected chi connectivity index (χ4v) is 1.79. The first-order chi connectivity index (χ1) is 7.81. The molecule has 0 heterocycles. The smallest absolute Gasteiger partial charge is 0.188 e. The minimum atomic E-state index is 0.579. The first kappa shape index (κ1) is 15.4. The van der Waals surface area contributed by atoms with E-state index in [0.29, 0.717) is 5.96 Å². The minimum Gasteiger partial charge on any atom is -0.370 e. The Morgan fingerprint density at radius 1 is 1.44 bits per heavy atom. The van der Waals surface area contributed by atoms with E-state index in [1.54, 1.807) is 0 Å². The first-order valence-electron chi connectivity index (χ1n) is 6.03. The number of nitrogens with zero attached hydrogens (tertiary/aromatic N) is 1. The van der Waals surface area contributed by atoms with Crippen LogP contribution < -0.4 is 11.1 Å². The summed E-state index contributed by atoms with van der Waals surface area (Å²) in [5, 5.41) is 3.11. The summed E-state index contributed by atoms with van der Waals surface area (Å²) in [5.41, 5.74) is 5.71. The predicted octanol–water partition coefficient (Wildman–Crippen LogP) is 2.39. The zero-order valence-electron chi connectivity index (χ0n) is 10.4. The normalized spacial score (nSPS) is 11.4. The zero-order valence-corrected chi connectivity index (χ0v) is 11.2. The van der Waals surface area contributed by atoms with Gasteiger partial charge in [-0.3, -0.25) is 4.99 Å². The number of hydrogen-bond donors (Lipinski definition) is 2.